The van der Waals surface area contributed by atoms with Crippen molar-refractivity contribution in [1.29, 1.82) is 0 Å². The molecule has 2 aliphatic rings. The number of ether oxygens (including phenoxy) is 2. The third-order valence-electron chi connectivity index (χ3n) is 5.28. The highest BCUT2D eigenvalue weighted by atomic mass is 79.9. The predicted molar refractivity (Wildman–Crippen MR) is 113 cm³/mol. The Bertz CT molecular complexity index is 1030. The summed E-state index contributed by atoms with van der Waals surface area (Å²) in [5.74, 6) is 1.78. The molecule has 2 atom stereocenters. The van der Waals surface area contributed by atoms with E-state index in [2.05, 4.69) is 57.3 Å². The number of halogens is 1. The minimum atomic E-state index is -0.247. The van der Waals surface area contributed by atoms with E-state index in [-0.39, 0.29) is 12.3 Å². The average molecular weight is 435 g/mol. The van der Waals surface area contributed by atoms with E-state index in [9.17, 15) is 0 Å². The Hall–Kier alpha value is -2.79. The lowest BCUT2D eigenvalue weighted by atomic mass is 9.96. The first-order valence-electron chi connectivity index (χ1n) is 9.24. The summed E-state index contributed by atoms with van der Waals surface area (Å²) >= 11 is 3.51. The van der Waals surface area contributed by atoms with E-state index in [1.165, 1.54) is 5.56 Å². The van der Waals surface area contributed by atoms with E-state index in [0.29, 0.717) is 0 Å². The van der Waals surface area contributed by atoms with Gasteiger partial charge < -0.3 is 9.47 Å². The van der Waals surface area contributed by atoms with E-state index >= 15 is 0 Å². The van der Waals surface area contributed by atoms with Crippen LogP contribution in [0.4, 0.5) is 0 Å². The van der Waals surface area contributed by atoms with Gasteiger partial charge in [-0.2, -0.15) is 5.10 Å². The van der Waals surface area contributed by atoms with E-state index in [4.69, 9.17) is 14.6 Å². The lowest BCUT2D eigenvalue weighted by molar-refractivity contribution is -0.0190. The van der Waals surface area contributed by atoms with Crippen molar-refractivity contribution in [3.8, 4) is 11.5 Å². The van der Waals surface area contributed by atoms with Crippen LogP contribution >= 0.6 is 15.9 Å². The van der Waals surface area contributed by atoms with Gasteiger partial charge in [-0.15, -0.1) is 0 Å². The number of hydrogen-bond donors (Lipinski definition) is 0. The summed E-state index contributed by atoms with van der Waals surface area (Å²) in [6.07, 6.45) is 0.600. The number of benzene rings is 3. The van der Waals surface area contributed by atoms with E-state index in [1.54, 1.807) is 7.11 Å². The third kappa shape index (κ3) is 2.96. The summed E-state index contributed by atoms with van der Waals surface area (Å²) in [6.45, 7) is 0. The van der Waals surface area contributed by atoms with Crippen LogP contribution in [0.25, 0.3) is 0 Å². The number of hydrazone groups is 1. The third-order valence-corrected chi connectivity index (χ3v) is 5.81. The molecule has 0 bridgehead atoms. The van der Waals surface area contributed by atoms with Crippen LogP contribution in [0, 0.1) is 0 Å². The second kappa shape index (κ2) is 6.99. The zero-order chi connectivity index (χ0) is 19.1. The van der Waals surface area contributed by atoms with Crippen LogP contribution in [-0.2, 0) is 0 Å². The Morgan fingerprint density at radius 1 is 1.00 bits per heavy atom. The lowest BCUT2D eigenvalue weighted by Gasteiger charge is -2.38. The molecular formula is C23H19BrN2O2. The number of para-hydroxylation sites is 1. The molecule has 28 heavy (non-hydrogen) atoms. The fraction of sp³-hybridized carbons (Fsp3) is 0.174. The SMILES string of the molecule is COc1ccc(C2=NN3C(C2)c2ccccc2OC3c2ccc(Br)cc2)cc1. The molecule has 0 aromatic heterocycles. The maximum Gasteiger partial charge on any atom is 0.213 e. The van der Waals surface area contributed by atoms with Crippen molar-refractivity contribution >= 4 is 21.6 Å². The van der Waals surface area contributed by atoms with Gasteiger partial charge in [0.1, 0.15) is 11.5 Å². The van der Waals surface area contributed by atoms with Crippen molar-refractivity contribution in [2.45, 2.75) is 18.7 Å². The highest BCUT2D eigenvalue weighted by Gasteiger charge is 2.40. The van der Waals surface area contributed by atoms with Crippen molar-refractivity contribution in [2.24, 2.45) is 5.10 Å². The first-order chi connectivity index (χ1) is 13.7. The average Bonchev–Trinajstić information content (AvgIpc) is 3.20. The molecule has 2 aliphatic heterocycles. The Morgan fingerprint density at radius 3 is 2.50 bits per heavy atom. The van der Waals surface area contributed by atoms with Crippen LogP contribution < -0.4 is 9.47 Å². The zero-order valence-electron chi connectivity index (χ0n) is 15.4. The highest BCUT2D eigenvalue weighted by molar-refractivity contribution is 9.10. The van der Waals surface area contributed by atoms with Gasteiger partial charge in [-0.25, -0.2) is 5.01 Å². The topological polar surface area (TPSA) is 34.1 Å². The smallest absolute Gasteiger partial charge is 0.213 e. The fourth-order valence-electron chi connectivity index (χ4n) is 3.84. The molecule has 0 spiro atoms. The minimum absolute atomic E-state index is 0.163. The number of methoxy groups -OCH3 is 1. The van der Waals surface area contributed by atoms with Gasteiger partial charge in [0.25, 0.3) is 0 Å². The Balaban J connectivity index is 1.56. The van der Waals surface area contributed by atoms with Crippen LogP contribution in [0.2, 0.25) is 0 Å². The summed E-state index contributed by atoms with van der Waals surface area (Å²) in [7, 11) is 1.68. The molecule has 0 radical (unpaired) electrons. The van der Waals surface area contributed by atoms with Gasteiger partial charge >= 0.3 is 0 Å². The minimum Gasteiger partial charge on any atom is -0.497 e. The molecule has 0 saturated carbocycles. The second-order valence-electron chi connectivity index (χ2n) is 6.93. The first-order valence-corrected chi connectivity index (χ1v) is 10.0. The molecule has 140 valence electrons. The Labute approximate surface area is 172 Å². The summed E-state index contributed by atoms with van der Waals surface area (Å²) < 4.78 is 12.7. The fourth-order valence-corrected chi connectivity index (χ4v) is 4.10. The largest absolute Gasteiger partial charge is 0.497 e. The lowest BCUT2D eigenvalue weighted by Crippen LogP contribution is -2.33. The molecule has 3 aromatic rings. The molecule has 5 heteroatoms. The molecule has 0 amide bonds. The summed E-state index contributed by atoms with van der Waals surface area (Å²) in [6, 6.07) is 24.8. The van der Waals surface area contributed by atoms with Crippen molar-refractivity contribution in [3.63, 3.8) is 0 Å². The van der Waals surface area contributed by atoms with Crippen molar-refractivity contribution < 1.29 is 9.47 Å². The standard InChI is InChI=1S/C23H19BrN2O2/c1-27-18-12-8-15(9-13-18)20-14-21-19-4-2-3-5-22(19)28-23(26(21)25-20)16-6-10-17(24)11-7-16/h2-13,21,23H,14H2,1H3. The Kier molecular flexibility index (Phi) is 4.32. The molecule has 0 saturated heterocycles. The van der Waals surface area contributed by atoms with Gasteiger partial charge in [0, 0.05) is 22.0 Å². The normalized spacial score (nSPS) is 20.1. The van der Waals surface area contributed by atoms with Crippen LogP contribution in [0.5, 0.6) is 11.5 Å². The van der Waals surface area contributed by atoms with E-state index in [0.717, 1.165) is 39.2 Å². The van der Waals surface area contributed by atoms with Gasteiger partial charge in [-0.1, -0.05) is 46.3 Å². The maximum atomic E-state index is 6.38. The van der Waals surface area contributed by atoms with Crippen LogP contribution in [-0.4, -0.2) is 17.8 Å². The van der Waals surface area contributed by atoms with Crippen LogP contribution in [0.3, 0.4) is 0 Å². The molecule has 3 aromatic carbocycles. The molecule has 0 N–H and O–H groups in total. The number of fused-ring (bicyclic) bond motifs is 3. The van der Waals surface area contributed by atoms with Crippen molar-refractivity contribution in [2.75, 3.05) is 7.11 Å². The van der Waals surface area contributed by atoms with Crippen LogP contribution in [0.15, 0.2) is 82.4 Å². The van der Waals surface area contributed by atoms with Crippen molar-refractivity contribution in [3.05, 3.63) is 94.0 Å². The van der Waals surface area contributed by atoms with E-state index in [1.807, 2.05) is 36.4 Å². The quantitative estimate of drug-likeness (QED) is 0.529. The van der Waals surface area contributed by atoms with Gasteiger partial charge in [0.05, 0.1) is 18.9 Å². The van der Waals surface area contributed by atoms with Gasteiger partial charge in [-0.05, 0) is 48.0 Å². The number of rotatable bonds is 3. The monoisotopic (exact) mass is 434 g/mol. The first kappa shape index (κ1) is 17.3. The number of nitrogens with zero attached hydrogens (tertiary/aromatic N) is 2. The Morgan fingerprint density at radius 2 is 1.75 bits per heavy atom. The van der Waals surface area contributed by atoms with Gasteiger partial charge in [0.2, 0.25) is 6.23 Å². The molecule has 2 heterocycles. The molecule has 0 fully saturated rings. The summed E-state index contributed by atoms with van der Waals surface area (Å²) in [5, 5.41) is 7.09. The van der Waals surface area contributed by atoms with Gasteiger partial charge in [-0.3, -0.25) is 0 Å². The molecule has 5 rings (SSSR count). The van der Waals surface area contributed by atoms with Crippen LogP contribution in [0.1, 0.15) is 35.4 Å². The zero-order valence-corrected chi connectivity index (χ0v) is 17.0. The number of hydrogen-bond acceptors (Lipinski definition) is 4. The second-order valence-corrected chi connectivity index (χ2v) is 7.85. The molecule has 0 aliphatic carbocycles. The van der Waals surface area contributed by atoms with E-state index < -0.39 is 0 Å². The van der Waals surface area contributed by atoms with Gasteiger partial charge in [0.15, 0.2) is 0 Å². The molecule has 2 unspecified atom stereocenters. The maximum absolute atomic E-state index is 6.38. The molecular weight excluding hydrogens is 416 g/mol. The highest BCUT2D eigenvalue weighted by Crippen LogP contribution is 2.47. The summed E-state index contributed by atoms with van der Waals surface area (Å²) in [4.78, 5) is 0. The predicted octanol–water partition coefficient (Wildman–Crippen LogP) is 5.70. The van der Waals surface area contributed by atoms with Crippen molar-refractivity contribution in [1.82, 2.24) is 5.01 Å². The summed E-state index contributed by atoms with van der Waals surface area (Å²) in [5.41, 5.74) is 4.45. The molecule has 4 nitrogen and oxygen atoms in total.